The molecule has 1 nitrogen and oxygen atoms in total. The highest BCUT2D eigenvalue weighted by Crippen LogP contribution is 2.34. The highest BCUT2D eigenvalue weighted by Gasteiger charge is 2.25. The fourth-order valence-corrected chi connectivity index (χ4v) is 3.26. The van der Waals surface area contributed by atoms with Crippen LogP contribution in [0.5, 0.6) is 0 Å². The normalized spacial score (nSPS) is 24.2. The first kappa shape index (κ1) is 14.5. The Labute approximate surface area is 116 Å². The fraction of sp³-hybridized carbons (Fsp3) is 0.647. The Morgan fingerprint density at radius 3 is 2.79 bits per heavy atom. The summed E-state index contributed by atoms with van der Waals surface area (Å²) in [4.78, 5) is 0. The highest BCUT2D eigenvalue weighted by atomic mass is 19.1. The molecule has 19 heavy (non-hydrogen) atoms. The van der Waals surface area contributed by atoms with Crippen LogP contribution in [0.2, 0.25) is 0 Å². The summed E-state index contributed by atoms with van der Waals surface area (Å²) in [5.41, 5.74) is 2.45. The molecule has 2 unspecified atom stereocenters. The molecule has 2 atom stereocenters. The monoisotopic (exact) mass is 263 g/mol. The maximum Gasteiger partial charge on any atom is 0.123 e. The second-order valence-electron chi connectivity index (χ2n) is 5.81. The second-order valence-corrected chi connectivity index (χ2v) is 5.81. The molecule has 0 saturated heterocycles. The van der Waals surface area contributed by atoms with Gasteiger partial charge in [-0.05, 0) is 61.9 Å². The van der Waals surface area contributed by atoms with Crippen LogP contribution in [0.1, 0.15) is 62.5 Å². The van der Waals surface area contributed by atoms with E-state index < -0.39 is 0 Å². The van der Waals surface area contributed by atoms with Crippen LogP contribution in [0.15, 0.2) is 18.2 Å². The van der Waals surface area contributed by atoms with Crippen molar-refractivity contribution in [3.05, 3.63) is 35.1 Å². The van der Waals surface area contributed by atoms with Gasteiger partial charge < -0.3 is 5.32 Å². The lowest BCUT2D eigenvalue weighted by Crippen LogP contribution is -2.35. The molecule has 0 heterocycles. The van der Waals surface area contributed by atoms with Crippen molar-refractivity contribution in [2.75, 3.05) is 6.54 Å². The Hall–Kier alpha value is -0.890. The molecular weight excluding hydrogens is 237 g/mol. The van der Waals surface area contributed by atoms with E-state index in [1.807, 2.05) is 6.07 Å². The summed E-state index contributed by atoms with van der Waals surface area (Å²) in [5, 5.41) is 3.68. The molecule has 1 aromatic rings. The Kier molecular flexibility index (Phi) is 5.38. The van der Waals surface area contributed by atoms with E-state index in [4.69, 9.17) is 0 Å². The zero-order valence-corrected chi connectivity index (χ0v) is 12.2. The Morgan fingerprint density at radius 1 is 1.21 bits per heavy atom. The molecule has 0 amide bonds. The van der Waals surface area contributed by atoms with E-state index in [0.29, 0.717) is 12.0 Å². The molecular formula is C17H26FN. The largest absolute Gasteiger partial charge is 0.313 e. The third-order valence-corrected chi connectivity index (χ3v) is 4.31. The van der Waals surface area contributed by atoms with Crippen LogP contribution in [-0.4, -0.2) is 12.6 Å². The Bertz CT molecular complexity index is 402. The first-order valence-corrected chi connectivity index (χ1v) is 7.71. The SMILES string of the molecule is CCCNC1CCCCCC1c1cc(F)ccc1C. The molecule has 0 aliphatic heterocycles. The number of nitrogens with one attached hydrogen (secondary N) is 1. The van der Waals surface area contributed by atoms with Crippen molar-refractivity contribution in [3.8, 4) is 0 Å². The lowest BCUT2D eigenvalue weighted by atomic mass is 9.85. The summed E-state index contributed by atoms with van der Waals surface area (Å²) in [6.45, 7) is 5.37. The van der Waals surface area contributed by atoms with Crippen molar-refractivity contribution >= 4 is 0 Å². The van der Waals surface area contributed by atoms with Gasteiger partial charge in [0.15, 0.2) is 0 Å². The van der Waals surface area contributed by atoms with Gasteiger partial charge in [0, 0.05) is 6.04 Å². The third-order valence-electron chi connectivity index (χ3n) is 4.31. The number of aryl methyl sites for hydroxylation is 1. The predicted octanol–water partition coefficient (Wildman–Crippen LogP) is 4.55. The molecule has 0 bridgehead atoms. The average Bonchev–Trinajstić information content (AvgIpc) is 2.64. The number of hydrogen-bond acceptors (Lipinski definition) is 1. The van der Waals surface area contributed by atoms with Crippen molar-refractivity contribution in [3.63, 3.8) is 0 Å². The van der Waals surface area contributed by atoms with E-state index in [-0.39, 0.29) is 5.82 Å². The molecule has 2 heteroatoms. The summed E-state index contributed by atoms with van der Waals surface area (Å²) in [5.74, 6) is 0.379. The van der Waals surface area contributed by atoms with E-state index in [0.717, 1.165) is 13.0 Å². The van der Waals surface area contributed by atoms with E-state index in [9.17, 15) is 4.39 Å². The van der Waals surface area contributed by atoms with Gasteiger partial charge in [0.2, 0.25) is 0 Å². The lowest BCUT2D eigenvalue weighted by molar-refractivity contribution is 0.409. The molecule has 1 saturated carbocycles. The summed E-state index contributed by atoms with van der Waals surface area (Å²) >= 11 is 0. The topological polar surface area (TPSA) is 12.0 Å². The van der Waals surface area contributed by atoms with Crippen molar-refractivity contribution in [1.82, 2.24) is 5.32 Å². The van der Waals surface area contributed by atoms with Crippen LogP contribution in [0.25, 0.3) is 0 Å². The zero-order valence-electron chi connectivity index (χ0n) is 12.2. The molecule has 1 aromatic carbocycles. The van der Waals surface area contributed by atoms with Crippen LogP contribution in [0.4, 0.5) is 4.39 Å². The van der Waals surface area contributed by atoms with Gasteiger partial charge in [-0.1, -0.05) is 32.3 Å². The van der Waals surface area contributed by atoms with E-state index in [1.165, 1.54) is 43.2 Å². The summed E-state index contributed by atoms with van der Waals surface area (Å²) in [7, 11) is 0. The van der Waals surface area contributed by atoms with E-state index in [1.54, 1.807) is 12.1 Å². The van der Waals surface area contributed by atoms with Crippen molar-refractivity contribution in [1.29, 1.82) is 0 Å². The second kappa shape index (κ2) is 7.04. The van der Waals surface area contributed by atoms with Crippen LogP contribution in [0, 0.1) is 12.7 Å². The molecule has 1 aliphatic carbocycles. The molecule has 106 valence electrons. The van der Waals surface area contributed by atoms with Gasteiger partial charge in [-0.25, -0.2) is 4.39 Å². The summed E-state index contributed by atoms with van der Waals surface area (Å²) in [6, 6.07) is 5.77. The van der Waals surface area contributed by atoms with Crippen molar-refractivity contribution in [2.24, 2.45) is 0 Å². The standard InChI is InChI=1S/C17H26FN/c1-3-11-19-17-8-6-4-5-7-15(17)16-12-14(18)10-9-13(16)2/h9-10,12,15,17,19H,3-8,11H2,1-2H3. The smallest absolute Gasteiger partial charge is 0.123 e. The number of hydrogen-bond donors (Lipinski definition) is 1. The number of rotatable bonds is 4. The van der Waals surface area contributed by atoms with Gasteiger partial charge in [0.25, 0.3) is 0 Å². The fourth-order valence-electron chi connectivity index (χ4n) is 3.26. The van der Waals surface area contributed by atoms with Crippen LogP contribution in [0.3, 0.4) is 0 Å². The van der Waals surface area contributed by atoms with Crippen LogP contribution >= 0.6 is 0 Å². The van der Waals surface area contributed by atoms with Gasteiger partial charge >= 0.3 is 0 Å². The number of benzene rings is 1. The maximum absolute atomic E-state index is 13.6. The molecule has 1 N–H and O–H groups in total. The van der Waals surface area contributed by atoms with Gasteiger partial charge in [-0.2, -0.15) is 0 Å². The molecule has 0 radical (unpaired) electrons. The number of halogens is 1. The molecule has 1 fully saturated rings. The lowest BCUT2D eigenvalue weighted by Gasteiger charge is -2.28. The summed E-state index contributed by atoms with van der Waals surface area (Å²) in [6.07, 6.45) is 7.45. The molecule has 1 aliphatic rings. The first-order chi connectivity index (χ1) is 9.22. The van der Waals surface area contributed by atoms with E-state index in [2.05, 4.69) is 19.2 Å². The van der Waals surface area contributed by atoms with Gasteiger partial charge in [0.1, 0.15) is 5.82 Å². The minimum absolute atomic E-state index is 0.0981. The summed E-state index contributed by atoms with van der Waals surface area (Å²) < 4.78 is 13.6. The molecule has 2 rings (SSSR count). The zero-order chi connectivity index (χ0) is 13.7. The van der Waals surface area contributed by atoms with E-state index >= 15 is 0 Å². The quantitative estimate of drug-likeness (QED) is 0.786. The van der Waals surface area contributed by atoms with Crippen molar-refractivity contribution in [2.45, 2.75) is 64.3 Å². The van der Waals surface area contributed by atoms with Crippen LogP contribution < -0.4 is 5.32 Å². The predicted molar refractivity (Wildman–Crippen MR) is 79.0 cm³/mol. The minimum Gasteiger partial charge on any atom is -0.313 e. The van der Waals surface area contributed by atoms with Crippen molar-refractivity contribution < 1.29 is 4.39 Å². The third kappa shape index (κ3) is 3.79. The Morgan fingerprint density at radius 2 is 2.00 bits per heavy atom. The minimum atomic E-state index is -0.0981. The molecule has 0 aromatic heterocycles. The molecule has 0 spiro atoms. The highest BCUT2D eigenvalue weighted by molar-refractivity contribution is 5.31. The van der Waals surface area contributed by atoms with Gasteiger partial charge in [-0.3, -0.25) is 0 Å². The Balaban J connectivity index is 2.23. The van der Waals surface area contributed by atoms with Gasteiger partial charge in [0.05, 0.1) is 0 Å². The average molecular weight is 263 g/mol. The first-order valence-electron chi connectivity index (χ1n) is 7.71. The van der Waals surface area contributed by atoms with Crippen LogP contribution in [-0.2, 0) is 0 Å². The van der Waals surface area contributed by atoms with Gasteiger partial charge in [-0.15, -0.1) is 0 Å². The maximum atomic E-state index is 13.6.